The van der Waals surface area contributed by atoms with Crippen molar-refractivity contribution < 1.29 is 4.42 Å². The highest BCUT2D eigenvalue weighted by Crippen LogP contribution is 2.23. The number of aryl methyl sites for hydroxylation is 1. The lowest BCUT2D eigenvalue weighted by atomic mass is 10.1. The third-order valence-electron chi connectivity index (χ3n) is 2.49. The molecule has 0 aliphatic heterocycles. The van der Waals surface area contributed by atoms with Crippen LogP contribution in [0.15, 0.2) is 33.6 Å². The van der Waals surface area contributed by atoms with Crippen LogP contribution in [-0.2, 0) is 0 Å². The summed E-state index contributed by atoms with van der Waals surface area (Å²) in [5, 5.41) is 0.897. The zero-order valence-corrected chi connectivity index (χ0v) is 8.07. The maximum Gasteiger partial charge on any atom is 0.417 e. The lowest BCUT2D eigenvalue weighted by Crippen LogP contribution is -1.92. The van der Waals surface area contributed by atoms with Crippen LogP contribution < -0.4 is 5.76 Å². The highest BCUT2D eigenvalue weighted by atomic mass is 16.4. The molecule has 0 unspecified atom stereocenters. The Balaban J connectivity index is 2.68. The lowest BCUT2D eigenvalue weighted by Gasteiger charge is -1.99. The first-order valence-electron chi connectivity index (χ1n) is 4.63. The molecule has 2 aromatic heterocycles. The minimum atomic E-state index is -0.442. The SMILES string of the molecule is Cc1cccc2ncc3[nH]c(=O)oc3c12. The quantitative estimate of drug-likeness (QED) is 0.603. The second-order valence-corrected chi connectivity index (χ2v) is 3.48. The molecule has 0 bridgehead atoms. The van der Waals surface area contributed by atoms with Crippen LogP contribution in [0.25, 0.3) is 22.0 Å². The zero-order chi connectivity index (χ0) is 10.4. The monoisotopic (exact) mass is 200 g/mol. The van der Waals surface area contributed by atoms with Crippen molar-refractivity contribution >= 4 is 22.0 Å². The van der Waals surface area contributed by atoms with Gasteiger partial charge in [0.05, 0.1) is 11.7 Å². The summed E-state index contributed by atoms with van der Waals surface area (Å²) in [6, 6.07) is 5.80. The molecule has 0 saturated heterocycles. The fourth-order valence-electron chi connectivity index (χ4n) is 1.81. The summed E-state index contributed by atoms with van der Waals surface area (Å²) in [4.78, 5) is 17.9. The van der Waals surface area contributed by atoms with Gasteiger partial charge in [0.1, 0.15) is 5.52 Å². The van der Waals surface area contributed by atoms with Crippen molar-refractivity contribution in [2.24, 2.45) is 0 Å². The van der Waals surface area contributed by atoms with Gasteiger partial charge in [0.2, 0.25) is 0 Å². The maximum atomic E-state index is 11.1. The normalized spacial score (nSPS) is 11.3. The molecule has 3 aromatic rings. The summed E-state index contributed by atoms with van der Waals surface area (Å²) in [5.41, 5.74) is 3.11. The third kappa shape index (κ3) is 1.08. The molecule has 0 radical (unpaired) electrons. The van der Waals surface area contributed by atoms with Crippen molar-refractivity contribution in [3.05, 3.63) is 40.5 Å². The van der Waals surface area contributed by atoms with Gasteiger partial charge in [-0.1, -0.05) is 12.1 Å². The fraction of sp³-hybridized carbons (Fsp3) is 0.0909. The Labute approximate surface area is 84.6 Å². The van der Waals surface area contributed by atoms with E-state index < -0.39 is 5.76 Å². The fourth-order valence-corrected chi connectivity index (χ4v) is 1.81. The van der Waals surface area contributed by atoms with E-state index in [0.29, 0.717) is 11.1 Å². The number of hydrogen-bond donors (Lipinski definition) is 1. The molecular formula is C11H8N2O2. The van der Waals surface area contributed by atoms with E-state index in [1.54, 1.807) is 6.20 Å². The van der Waals surface area contributed by atoms with E-state index in [1.807, 2.05) is 25.1 Å². The van der Waals surface area contributed by atoms with Gasteiger partial charge in [-0.3, -0.25) is 9.97 Å². The molecule has 0 spiro atoms. The Morgan fingerprint density at radius 1 is 1.40 bits per heavy atom. The van der Waals surface area contributed by atoms with Gasteiger partial charge >= 0.3 is 5.76 Å². The molecule has 0 atom stereocenters. The summed E-state index contributed by atoms with van der Waals surface area (Å²) < 4.78 is 5.11. The molecule has 4 heteroatoms. The Morgan fingerprint density at radius 3 is 3.13 bits per heavy atom. The molecule has 0 aliphatic rings. The molecule has 0 saturated carbocycles. The minimum Gasteiger partial charge on any atom is -0.407 e. The molecule has 74 valence electrons. The maximum absolute atomic E-state index is 11.1. The Morgan fingerprint density at radius 2 is 2.27 bits per heavy atom. The summed E-state index contributed by atoms with van der Waals surface area (Å²) in [7, 11) is 0. The molecule has 1 aromatic carbocycles. The third-order valence-corrected chi connectivity index (χ3v) is 2.49. The molecule has 1 N–H and O–H groups in total. The van der Waals surface area contributed by atoms with Crippen molar-refractivity contribution in [3.63, 3.8) is 0 Å². The summed E-state index contributed by atoms with van der Waals surface area (Å²) in [6.45, 7) is 1.97. The second kappa shape index (κ2) is 2.70. The molecule has 4 nitrogen and oxygen atoms in total. The number of pyridine rings is 1. The van der Waals surface area contributed by atoms with Crippen molar-refractivity contribution in [2.75, 3.05) is 0 Å². The number of fused-ring (bicyclic) bond motifs is 3. The van der Waals surface area contributed by atoms with Gasteiger partial charge in [-0.15, -0.1) is 0 Å². The van der Waals surface area contributed by atoms with Crippen molar-refractivity contribution in [1.29, 1.82) is 0 Å². The standard InChI is InChI=1S/C11H8N2O2/c1-6-3-2-4-7-9(6)10-8(5-12-7)13-11(14)15-10/h2-5H,1H3,(H,13,14). The van der Waals surface area contributed by atoms with Gasteiger partial charge in [-0.25, -0.2) is 4.79 Å². The van der Waals surface area contributed by atoms with Gasteiger partial charge in [0.25, 0.3) is 0 Å². The van der Waals surface area contributed by atoms with Gasteiger partial charge in [-0.05, 0) is 18.6 Å². The van der Waals surface area contributed by atoms with Gasteiger partial charge in [0.15, 0.2) is 5.58 Å². The lowest BCUT2D eigenvalue weighted by molar-refractivity contribution is 0.558. The van der Waals surface area contributed by atoms with E-state index >= 15 is 0 Å². The predicted molar refractivity (Wildman–Crippen MR) is 56.9 cm³/mol. The first-order chi connectivity index (χ1) is 7.25. The minimum absolute atomic E-state index is 0.442. The van der Waals surface area contributed by atoms with E-state index in [4.69, 9.17) is 4.42 Å². The number of oxazole rings is 1. The number of rotatable bonds is 0. The van der Waals surface area contributed by atoms with Crippen LogP contribution in [0.1, 0.15) is 5.56 Å². The number of nitrogens with one attached hydrogen (secondary N) is 1. The number of H-pyrrole nitrogens is 1. The van der Waals surface area contributed by atoms with Gasteiger partial charge < -0.3 is 4.42 Å². The average molecular weight is 200 g/mol. The van der Waals surface area contributed by atoms with Crippen LogP contribution in [0.4, 0.5) is 0 Å². The topological polar surface area (TPSA) is 58.9 Å². The number of nitrogens with zero attached hydrogens (tertiary/aromatic N) is 1. The van der Waals surface area contributed by atoms with Gasteiger partial charge in [-0.2, -0.15) is 0 Å². The van der Waals surface area contributed by atoms with E-state index in [9.17, 15) is 4.79 Å². The predicted octanol–water partition coefficient (Wildman–Crippen LogP) is 1.98. The smallest absolute Gasteiger partial charge is 0.407 e. The van der Waals surface area contributed by atoms with Crippen LogP contribution >= 0.6 is 0 Å². The highest BCUT2D eigenvalue weighted by molar-refractivity contribution is 6.02. The van der Waals surface area contributed by atoms with E-state index in [-0.39, 0.29) is 0 Å². The number of aromatic amines is 1. The van der Waals surface area contributed by atoms with Crippen LogP contribution in [0.2, 0.25) is 0 Å². The summed E-state index contributed by atoms with van der Waals surface area (Å²) in [5.74, 6) is -0.442. The molecular weight excluding hydrogens is 192 g/mol. The highest BCUT2D eigenvalue weighted by Gasteiger charge is 2.08. The zero-order valence-electron chi connectivity index (χ0n) is 8.07. The number of aromatic nitrogens is 2. The van der Waals surface area contributed by atoms with E-state index in [2.05, 4.69) is 9.97 Å². The Bertz CT molecular complexity index is 709. The molecule has 0 fully saturated rings. The van der Waals surface area contributed by atoms with Gasteiger partial charge in [0, 0.05) is 5.39 Å². The van der Waals surface area contributed by atoms with E-state index in [0.717, 1.165) is 16.5 Å². The van der Waals surface area contributed by atoms with Crippen LogP contribution in [-0.4, -0.2) is 9.97 Å². The van der Waals surface area contributed by atoms with E-state index in [1.165, 1.54) is 0 Å². The Kier molecular flexibility index (Phi) is 1.48. The second-order valence-electron chi connectivity index (χ2n) is 3.48. The first-order valence-corrected chi connectivity index (χ1v) is 4.63. The molecule has 15 heavy (non-hydrogen) atoms. The molecule has 3 rings (SSSR count). The molecule has 2 heterocycles. The summed E-state index contributed by atoms with van der Waals surface area (Å²) >= 11 is 0. The largest absolute Gasteiger partial charge is 0.417 e. The van der Waals surface area contributed by atoms with Crippen LogP contribution in [0.3, 0.4) is 0 Å². The van der Waals surface area contributed by atoms with Crippen LogP contribution in [0.5, 0.6) is 0 Å². The Hall–Kier alpha value is -2.10. The molecule has 0 aliphatic carbocycles. The average Bonchev–Trinajstić information content (AvgIpc) is 2.58. The first kappa shape index (κ1) is 8.23. The van der Waals surface area contributed by atoms with Crippen molar-refractivity contribution in [2.45, 2.75) is 6.92 Å². The van der Waals surface area contributed by atoms with Crippen molar-refractivity contribution in [1.82, 2.24) is 9.97 Å². The molecule has 0 amide bonds. The van der Waals surface area contributed by atoms with Crippen molar-refractivity contribution in [3.8, 4) is 0 Å². The van der Waals surface area contributed by atoms with Crippen LogP contribution in [0, 0.1) is 6.92 Å². The summed E-state index contributed by atoms with van der Waals surface area (Å²) in [6.07, 6.45) is 1.61. The number of benzene rings is 1. The number of hydrogen-bond acceptors (Lipinski definition) is 3.